The van der Waals surface area contributed by atoms with Crippen LogP contribution in [0.2, 0.25) is 0 Å². The molecule has 0 atom stereocenters. The number of hydrogen-bond donors (Lipinski definition) is 1. The molecule has 0 aromatic carbocycles. The minimum absolute atomic E-state index is 0.112. The molecule has 0 aliphatic rings. The molecule has 0 fully saturated rings. The van der Waals surface area contributed by atoms with Crippen molar-refractivity contribution in [2.24, 2.45) is 7.05 Å². The van der Waals surface area contributed by atoms with E-state index < -0.39 is 0 Å². The Morgan fingerprint density at radius 1 is 1.48 bits per heavy atom. The summed E-state index contributed by atoms with van der Waals surface area (Å²) in [7, 11) is 3.63. The standard InChI is InChI=1S/C14H21N5O2/c1-10-13(11(2)21-17-10)9-18(3)14(20)15-6-5-12-7-16-19(4)8-12/h7-8H,5-6,9H2,1-4H3,(H,15,20). The van der Waals surface area contributed by atoms with E-state index in [0.717, 1.165) is 29.0 Å². The van der Waals surface area contributed by atoms with Crippen LogP contribution in [0.4, 0.5) is 4.79 Å². The average Bonchev–Trinajstić information content (AvgIpc) is 2.99. The van der Waals surface area contributed by atoms with Crippen LogP contribution in [-0.4, -0.2) is 39.5 Å². The Bertz CT molecular complexity index is 597. The van der Waals surface area contributed by atoms with Crippen molar-refractivity contribution < 1.29 is 9.32 Å². The van der Waals surface area contributed by atoms with Crippen LogP contribution in [-0.2, 0) is 20.0 Å². The van der Waals surface area contributed by atoms with E-state index >= 15 is 0 Å². The molecule has 0 unspecified atom stereocenters. The van der Waals surface area contributed by atoms with Gasteiger partial charge in [0, 0.05) is 32.4 Å². The molecule has 2 aromatic rings. The van der Waals surface area contributed by atoms with Gasteiger partial charge in [-0.05, 0) is 25.8 Å². The lowest BCUT2D eigenvalue weighted by atomic mass is 10.2. The minimum Gasteiger partial charge on any atom is -0.361 e. The molecule has 0 saturated heterocycles. The van der Waals surface area contributed by atoms with E-state index in [2.05, 4.69) is 15.6 Å². The molecule has 0 saturated carbocycles. The Kier molecular flexibility index (Phi) is 4.62. The van der Waals surface area contributed by atoms with Gasteiger partial charge in [0.25, 0.3) is 0 Å². The van der Waals surface area contributed by atoms with Crippen LogP contribution in [0.25, 0.3) is 0 Å². The van der Waals surface area contributed by atoms with E-state index in [1.807, 2.05) is 27.1 Å². The Balaban J connectivity index is 1.80. The Labute approximate surface area is 123 Å². The molecule has 2 rings (SSSR count). The number of nitrogens with one attached hydrogen (secondary N) is 1. The fourth-order valence-electron chi connectivity index (χ4n) is 2.09. The summed E-state index contributed by atoms with van der Waals surface area (Å²) in [4.78, 5) is 13.7. The van der Waals surface area contributed by atoms with Crippen LogP contribution in [0, 0.1) is 13.8 Å². The quantitative estimate of drug-likeness (QED) is 0.903. The van der Waals surface area contributed by atoms with Gasteiger partial charge in [0.2, 0.25) is 0 Å². The van der Waals surface area contributed by atoms with Gasteiger partial charge < -0.3 is 14.7 Å². The minimum atomic E-state index is -0.112. The number of nitrogens with zero attached hydrogens (tertiary/aromatic N) is 4. The topological polar surface area (TPSA) is 76.2 Å². The van der Waals surface area contributed by atoms with Gasteiger partial charge in [-0.15, -0.1) is 0 Å². The molecular formula is C14H21N5O2. The molecule has 114 valence electrons. The largest absolute Gasteiger partial charge is 0.361 e. The monoisotopic (exact) mass is 291 g/mol. The number of urea groups is 1. The maximum Gasteiger partial charge on any atom is 0.317 e. The van der Waals surface area contributed by atoms with Gasteiger partial charge in [-0.2, -0.15) is 5.10 Å². The highest BCUT2D eigenvalue weighted by molar-refractivity contribution is 5.73. The van der Waals surface area contributed by atoms with Gasteiger partial charge in [0.1, 0.15) is 5.76 Å². The van der Waals surface area contributed by atoms with Crippen LogP contribution in [0.15, 0.2) is 16.9 Å². The summed E-state index contributed by atoms with van der Waals surface area (Å²) in [6.45, 7) is 4.79. The zero-order valence-corrected chi connectivity index (χ0v) is 12.9. The molecule has 0 aliphatic heterocycles. The second-order valence-corrected chi connectivity index (χ2v) is 5.16. The first kappa shape index (κ1) is 15.1. The molecule has 0 spiro atoms. The van der Waals surface area contributed by atoms with Crippen molar-refractivity contribution in [3.8, 4) is 0 Å². The maximum atomic E-state index is 12.0. The summed E-state index contributed by atoms with van der Waals surface area (Å²) in [5.41, 5.74) is 2.88. The lowest BCUT2D eigenvalue weighted by Gasteiger charge is -2.17. The molecule has 1 N–H and O–H groups in total. The summed E-state index contributed by atoms with van der Waals surface area (Å²) in [6.07, 6.45) is 4.51. The highest BCUT2D eigenvalue weighted by Gasteiger charge is 2.14. The third kappa shape index (κ3) is 3.84. The summed E-state index contributed by atoms with van der Waals surface area (Å²) in [6, 6.07) is -0.112. The molecule has 2 heterocycles. The fourth-order valence-corrected chi connectivity index (χ4v) is 2.09. The predicted octanol–water partition coefficient (Wildman–Crippen LogP) is 1.41. The van der Waals surface area contributed by atoms with Crippen LogP contribution in [0.5, 0.6) is 0 Å². The number of amides is 2. The highest BCUT2D eigenvalue weighted by Crippen LogP contribution is 2.14. The van der Waals surface area contributed by atoms with Gasteiger partial charge >= 0.3 is 6.03 Å². The van der Waals surface area contributed by atoms with E-state index in [1.54, 1.807) is 22.8 Å². The third-order valence-corrected chi connectivity index (χ3v) is 3.37. The lowest BCUT2D eigenvalue weighted by molar-refractivity contribution is 0.207. The summed E-state index contributed by atoms with van der Waals surface area (Å²) < 4.78 is 6.85. The van der Waals surface area contributed by atoms with E-state index in [9.17, 15) is 4.79 Å². The summed E-state index contributed by atoms with van der Waals surface area (Å²) >= 11 is 0. The molecule has 21 heavy (non-hydrogen) atoms. The Morgan fingerprint density at radius 3 is 2.81 bits per heavy atom. The van der Waals surface area contributed by atoms with Crippen molar-refractivity contribution in [1.29, 1.82) is 0 Å². The van der Waals surface area contributed by atoms with E-state index in [1.165, 1.54) is 0 Å². The van der Waals surface area contributed by atoms with Crippen molar-refractivity contribution in [2.45, 2.75) is 26.8 Å². The van der Waals surface area contributed by atoms with E-state index in [4.69, 9.17) is 4.52 Å². The van der Waals surface area contributed by atoms with E-state index in [0.29, 0.717) is 13.1 Å². The number of carbonyl (C=O) groups is 1. The van der Waals surface area contributed by atoms with Crippen molar-refractivity contribution in [3.63, 3.8) is 0 Å². The molecular weight excluding hydrogens is 270 g/mol. The SMILES string of the molecule is Cc1noc(C)c1CN(C)C(=O)NCCc1cnn(C)c1. The Morgan fingerprint density at radius 2 is 2.24 bits per heavy atom. The molecule has 0 aliphatic carbocycles. The lowest BCUT2D eigenvalue weighted by Crippen LogP contribution is -2.37. The molecule has 2 amide bonds. The van der Waals surface area contributed by atoms with Crippen LogP contribution in [0.1, 0.15) is 22.6 Å². The molecule has 7 nitrogen and oxygen atoms in total. The van der Waals surface area contributed by atoms with Crippen LogP contribution in [0.3, 0.4) is 0 Å². The normalized spacial score (nSPS) is 10.7. The highest BCUT2D eigenvalue weighted by atomic mass is 16.5. The third-order valence-electron chi connectivity index (χ3n) is 3.37. The second-order valence-electron chi connectivity index (χ2n) is 5.16. The maximum absolute atomic E-state index is 12.0. The van der Waals surface area contributed by atoms with Crippen LogP contribution < -0.4 is 5.32 Å². The average molecular weight is 291 g/mol. The number of aryl methyl sites for hydroxylation is 3. The van der Waals surface area contributed by atoms with Gasteiger partial charge in [0.15, 0.2) is 0 Å². The molecule has 2 aromatic heterocycles. The van der Waals surface area contributed by atoms with Crippen molar-refractivity contribution in [3.05, 3.63) is 35.0 Å². The predicted molar refractivity (Wildman–Crippen MR) is 77.8 cm³/mol. The number of rotatable bonds is 5. The molecule has 7 heteroatoms. The molecule has 0 bridgehead atoms. The van der Waals surface area contributed by atoms with Gasteiger partial charge in [-0.1, -0.05) is 5.16 Å². The van der Waals surface area contributed by atoms with Gasteiger partial charge in [0.05, 0.1) is 18.4 Å². The van der Waals surface area contributed by atoms with Crippen molar-refractivity contribution in [1.82, 2.24) is 25.2 Å². The van der Waals surface area contributed by atoms with Crippen LogP contribution >= 0.6 is 0 Å². The first-order valence-corrected chi connectivity index (χ1v) is 6.85. The van der Waals surface area contributed by atoms with Crippen molar-refractivity contribution >= 4 is 6.03 Å². The van der Waals surface area contributed by atoms with Gasteiger partial charge in [-0.3, -0.25) is 4.68 Å². The first-order valence-electron chi connectivity index (χ1n) is 6.85. The first-order chi connectivity index (χ1) is 9.97. The Hall–Kier alpha value is -2.31. The summed E-state index contributed by atoms with van der Waals surface area (Å²) in [5, 5.41) is 10.9. The number of aromatic nitrogens is 3. The zero-order valence-electron chi connectivity index (χ0n) is 12.9. The number of carbonyl (C=O) groups excluding carboxylic acids is 1. The second kappa shape index (κ2) is 6.43. The smallest absolute Gasteiger partial charge is 0.317 e. The number of hydrogen-bond acceptors (Lipinski definition) is 4. The van der Waals surface area contributed by atoms with E-state index in [-0.39, 0.29) is 6.03 Å². The fraction of sp³-hybridized carbons (Fsp3) is 0.500. The molecule has 0 radical (unpaired) electrons. The summed E-state index contributed by atoms with van der Waals surface area (Å²) in [5.74, 6) is 0.752. The van der Waals surface area contributed by atoms with Crippen molar-refractivity contribution in [2.75, 3.05) is 13.6 Å². The zero-order chi connectivity index (χ0) is 15.4. The van der Waals surface area contributed by atoms with Gasteiger partial charge in [-0.25, -0.2) is 4.79 Å².